The van der Waals surface area contributed by atoms with Crippen LogP contribution < -0.4 is 5.43 Å². The molecule has 3 heterocycles. The number of hydrogen-bond donors (Lipinski definition) is 4. The summed E-state index contributed by atoms with van der Waals surface area (Å²) in [5.74, 6) is -0.325. The average Bonchev–Trinajstić information content (AvgIpc) is 3.32. The molecule has 0 aliphatic carbocycles. The molecule has 1 aromatic heterocycles. The third-order valence-corrected chi connectivity index (χ3v) is 6.00. The summed E-state index contributed by atoms with van der Waals surface area (Å²) in [4.78, 5) is 15.7. The van der Waals surface area contributed by atoms with Crippen molar-refractivity contribution in [3.8, 4) is 11.1 Å². The molecule has 4 atom stereocenters. The van der Waals surface area contributed by atoms with E-state index in [4.69, 9.17) is 9.84 Å². The second-order valence-electron chi connectivity index (χ2n) is 8.20. The number of benzene rings is 2. The zero-order valence-corrected chi connectivity index (χ0v) is 17.9. The molecule has 2 aliphatic heterocycles. The Balaban J connectivity index is 1.48. The predicted octanol–water partition coefficient (Wildman–Crippen LogP) is 2.99. The molecule has 4 N–H and O–H groups in total. The Morgan fingerprint density at radius 3 is 2.45 bits per heavy atom. The average molecular weight is 448 g/mol. The van der Waals surface area contributed by atoms with Gasteiger partial charge in [0.2, 0.25) is 0 Å². The third-order valence-electron chi connectivity index (χ3n) is 6.00. The standard InChI is InChI=1S/C24H24N4O5/c1-14-20(29)21(30)23(33-14)28-12-18(15-5-3-2-4-6-15)19-11-27(13-25-22(19)28)26-17-9-7-16(8-10-17)24(31)32/h2-10,12-14,20-21,23,26,29-30H,11H2,1H3,(H,31,32)/t14-,20-,21-,23-/m1/s1. The lowest BCUT2D eigenvalue weighted by Crippen LogP contribution is -2.31. The highest BCUT2D eigenvalue weighted by Crippen LogP contribution is 2.41. The second-order valence-corrected chi connectivity index (χ2v) is 8.20. The van der Waals surface area contributed by atoms with Crippen LogP contribution in [0.1, 0.15) is 29.1 Å². The highest BCUT2D eigenvalue weighted by atomic mass is 16.6. The monoisotopic (exact) mass is 448 g/mol. The number of aliphatic hydroxyl groups is 2. The van der Waals surface area contributed by atoms with Crippen LogP contribution in [0.15, 0.2) is 65.8 Å². The molecule has 3 aromatic rings. The number of carboxylic acids is 1. The Bertz CT molecular complexity index is 1190. The van der Waals surface area contributed by atoms with E-state index < -0.39 is 30.5 Å². The van der Waals surface area contributed by atoms with E-state index in [1.807, 2.05) is 36.5 Å². The summed E-state index contributed by atoms with van der Waals surface area (Å²) in [6.45, 7) is 2.20. The van der Waals surface area contributed by atoms with Gasteiger partial charge < -0.3 is 24.6 Å². The van der Waals surface area contributed by atoms with Crippen molar-refractivity contribution in [1.29, 1.82) is 0 Å². The van der Waals surface area contributed by atoms with Crippen LogP contribution in [0.25, 0.3) is 11.1 Å². The zero-order valence-electron chi connectivity index (χ0n) is 17.9. The van der Waals surface area contributed by atoms with E-state index in [1.165, 1.54) is 12.1 Å². The van der Waals surface area contributed by atoms with Gasteiger partial charge in [-0.05, 0) is 36.8 Å². The number of hydrazine groups is 1. The molecule has 0 radical (unpaired) electrons. The van der Waals surface area contributed by atoms with Crippen LogP contribution in [-0.2, 0) is 11.3 Å². The SMILES string of the molecule is C[C@H]1O[C@@H](n2cc(-c3ccccc3)c3c2N=CN(Nc2ccc(C(=O)O)cc2)C3)[C@H](O)[C@@H]1O. The van der Waals surface area contributed by atoms with Crippen molar-refractivity contribution in [3.05, 3.63) is 71.9 Å². The van der Waals surface area contributed by atoms with Crippen LogP contribution in [0.2, 0.25) is 0 Å². The van der Waals surface area contributed by atoms with Crippen molar-refractivity contribution in [1.82, 2.24) is 9.58 Å². The normalized spacial score (nSPS) is 24.0. The largest absolute Gasteiger partial charge is 0.478 e. The zero-order chi connectivity index (χ0) is 23.1. The highest BCUT2D eigenvalue weighted by molar-refractivity contribution is 5.88. The van der Waals surface area contributed by atoms with E-state index >= 15 is 0 Å². The van der Waals surface area contributed by atoms with Gasteiger partial charge in [-0.2, -0.15) is 0 Å². The lowest BCUT2D eigenvalue weighted by atomic mass is 10.0. The Morgan fingerprint density at radius 2 is 1.82 bits per heavy atom. The topological polar surface area (TPSA) is 120 Å². The summed E-state index contributed by atoms with van der Waals surface area (Å²) in [7, 11) is 0. The molecule has 0 spiro atoms. The Morgan fingerprint density at radius 1 is 1.09 bits per heavy atom. The molecule has 5 rings (SSSR count). The molecular formula is C24H24N4O5. The first-order chi connectivity index (χ1) is 15.9. The van der Waals surface area contributed by atoms with Gasteiger partial charge in [0.15, 0.2) is 6.23 Å². The van der Waals surface area contributed by atoms with Gasteiger partial charge in [-0.3, -0.25) is 10.4 Å². The number of aromatic nitrogens is 1. The van der Waals surface area contributed by atoms with Crippen molar-refractivity contribution in [2.75, 3.05) is 5.43 Å². The molecular weight excluding hydrogens is 424 g/mol. The van der Waals surface area contributed by atoms with E-state index in [9.17, 15) is 15.0 Å². The molecule has 9 heteroatoms. The molecule has 2 aliphatic rings. The van der Waals surface area contributed by atoms with Crippen LogP contribution in [-0.4, -0.2) is 55.5 Å². The number of aromatic carboxylic acids is 1. The molecule has 1 saturated heterocycles. The van der Waals surface area contributed by atoms with Crippen LogP contribution in [0.3, 0.4) is 0 Å². The van der Waals surface area contributed by atoms with E-state index in [0.717, 1.165) is 22.4 Å². The first kappa shape index (κ1) is 21.2. The number of anilines is 1. The molecule has 0 bridgehead atoms. The van der Waals surface area contributed by atoms with Crippen molar-refractivity contribution in [2.45, 2.75) is 38.0 Å². The van der Waals surface area contributed by atoms with Crippen LogP contribution in [0.5, 0.6) is 0 Å². The fourth-order valence-electron chi connectivity index (χ4n) is 4.23. The van der Waals surface area contributed by atoms with Crippen molar-refractivity contribution in [3.63, 3.8) is 0 Å². The number of ether oxygens (including phenoxy) is 1. The van der Waals surface area contributed by atoms with Crippen molar-refractivity contribution in [2.24, 2.45) is 4.99 Å². The molecule has 2 aromatic carbocycles. The lowest BCUT2D eigenvalue weighted by Gasteiger charge is -2.26. The smallest absolute Gasteiger partial charge is 0.335 e. The fraction of sp³-hybridized carbons (Fsp3) is 0.250. The number of aliphatic imine (C=N–C) groups is 1. The number of carbonyl (C=O) groups is 1. The Kier molecular flexibility index (Phi) is 5.37. The second kappa shape index (κ2) is 8.36. The van der Waals surface area contributed by atoms with Gasteiger partial charge in [0.1, 0.15) is 24.4 Å². The summed E-state index contributed by atoms with van der Waals surface area (Å²) in [5, 5.41) is 31.7. The first-order valence-corrected chi connectivity index (χ1v) is 10.6. The minimum Gasteiger partial charge on any atom is -0.478 e. The first-order valence-electron chi connectivity index (χ1n) is 10.6. The predicted molar refractivity (Wildman–Crippen MR) is 122 cm³/mol. The molecule has 170 valence electrons. The van der Waals surface area contributed by atoms with Crippen LogP contribution in [0, 0.1) is 0 Å². The van der Waals surface area contributed by atoms with Crippen LogP contribution >= 0.6 is 0 Å². The van der Waals surface area contributed by atoms with Crippen molar-refractivity contribution >= 4 is 23.8 Å². The summed E-state index contributed by atoms with van der Waals surface area (Å²) < 4.78 is 7.63. The number of carboxylic acid groups (broad SMARTS) is 1. The van der Waals surface area contributed by atoms with Gasteiger partial charge in [-0.25, -0.2) is 9.79 Å². The van der Waals surface area contributed by atoms with Gasteiger partial charge in [-0.15, -0.1) is 0 Å². The molecule has 9 nitrogen and oxygen atoms in total. The number of aliphatic hydroxyl groups excluding tert-OH is 2. The number of nitrogens with zero attached hydrogens (tertiary/aromatic N) is 3. The van der Waals surface area contributed by atoms with E-state index in [1.54, 1.807) is 35.0 Å². The highest BCUT2D eigenvalue weighted by Gasteiger charge is 2.42. The lowest BCUT2D eigenvalue weighted by molar-refractivity contribution is -0.0308. The molecule has 0 unspecified atom stereocenters. The third kappa shape index (κ3) is 3.86. The van der Waals surface area contributed by atoms with E-state index in [-0.39, 0.29) is 5.56 Å². The summed E-state index contributed by atoms with van der Waals surface area (Å²) in [6.07, 6.45) is 0.247. The molecule has 0 saturated carbocycles. The van der Waals surface area contributed by atoms with Gasteiger partial charge in [0, 0.05) is 17.3 Å². The van der Waals surface area contributed by atoms with E-state index in [0.29, 0.717) is 12.4 Å². The van der Waals surface area contributed by atoms with Crippen molar-refractivity contribution < 1.29 is 24.9 Å². The Hall–Kier alpha value is -3.66. The molecule has 33 heavy (non-hydrogen) atoms. The van der Waals surface area contributed by atoms with Crippen LogP contribution in [0.4, 0.5) is 11.5 Å². The fourth-order valence-corrected chi connectivity index (χ4v) is 4.23. The van der Waals surface area contributed by atoms with Gasteiger partial charge >= 0.3 is 5.97 Å². The minimum absolute atomic E-state index is 0.213. The number of hydrogen-bond acceptors (Lipinski definition) is 7. The minimum atomic E-state index is -1.07. The summed E-state index contributed by atoms with van der Waals surface area (Å²) in [6, 6.07) is 16.3. The van der Waals surface area contributed by atoms with Gasteiger partial charge in [0.25, 0.3) is 0 Å². The maximum absolute atomic E-state index is 11.1. The maximum Gasteiger partial charge on any atom is 0.335 e. The maximum atomic E-state index is 11.1. The molecule has 1 fully saturated rings. The Labute approximate surface area is 190 Å². The number of rotatable bonds is 5. The van der Waals surface area contributed by atoms with E-state index in [2.05, 4.69) is 10.4 Å². The number of nitrogens with one attached hydrogen (secondary N) is 1. The quantitative estimate of drug-likeness (QED) is 0.474. The van der Waals surface area contributed by atoms with Gasteiger partial charge in [-0.1, -0.05) is 30.3 Å². The molecule has 0 amide bonds. The number of fused-ring (bicyclic) bond motifs is 1. The van der Waals surface area contributed by atoms with Gasteiger partial charge in [0.05, 0.1) is 23.9 Å². The summed E-state index contributed by atoms with van der Waals surface area (Å²) in [5.41, 5.74) is 7.04. The summed E-state index contributed by atoms with van der Waals surface area (Å²) >= 11 is 0.